The number of hydrogen-bond donors (Lipinski definition) is 1. The molecule has 0 aromatic heterocycles. The van der Waals surface area contributed by atoms with Crippen molar-refractivity contribution in [1.82, 2.24) is 0 Å². The van der Waals surface area contributed by atoms with Crippen LogP contribution in [0.5, 0.6) is 0 Å². The Hall–Kier alpha value is 0.200. The lowest BCUT2D eigenvalue weighted by Crippen LogP contribution is -2.41. The van der Waals surface area contributed by atoms with E-state index in [1.165, 1.54) is 0 Å². The topological polar surface area (TPSA) is 27.6 Å². The number of quaternary nitrogens is 1. The van der Waals surface area contributed by atoms with Gasteiger partial charge in [-0.15, -0.1) is 0 Å². The Labute approximate surface area is 78.7 Å². The molecule has 0 amide bonds. The summed E-state index contributed by atoms with van der Waals surface area (Å²) in [7, 11) is 0. The Balaban J connectivity index is 3.31. The molecule has 0 spiro atoms. The van der Waals surface area contributed by atoms with E-state index in [2.05, 4.69) is 34.4 Å². The van der Waals surface area contributed by atoms with Crippen molar-refractivity contribution in [2.75, 3.05) is 0 Å². The molecule has 0 heterocycles. The van der Waals surface area contributed by atoms with E-state index < -0.39 is 0 Å². The molecule has 0 bridgehead atoms. The molecule has 3 N–H and O–H groups in total. The molecule has 0 aliphatic rings. The second-order valence-electron chi connectivity index (χ2n) is 2.18. The molecule has 1 nitrogen and oxygen atoms in total. The van der Waals surface area contributed by atoms with E-state index in [0.717, 1.165) is 19.8 Å². The molecule has 0 aliphatic carbocycles. The van der Waals surface area contributed by atoms with Crippen LogP contribution >= 0.6 is 34.2 Å². The smallest absolute Gasteiger partial charge is 0.149 e. The van der Waals surface area contributed by atoms with Crippen LogP contribution in [0.25, 0.3) is 0 Å². The van der Waals surface area contributed by atoms with Crippen molar-refractivity contribution in [3.05, 3.63) is 26.3 Å². The molecule has 1 aromatic carbocycles. The minimum atomic E-state index is 0.754. The number of aryl methyl sites for hydroxylation is 1. The zero-order valence-corrected chi connectivity index (χ0v) is 8.53. The summed E-state index contributed by atoms with van der Waals surface area (Å²) >= 11 is 8.09. The van der Waals surface area contributed by atoms with E-state index in [1.54, 1.807) is 0 Å². The highest BCUT2D eigenvalue weighted by atomic mass is 127. The highest BCUT2D eigenvalue weighted by Crippen LogP contribution is 2.23. The fraction of sp³-hybridized carbons (Fsp3) is 0.143. The average molecular weight is 269 g/mol. The van der Waals surface area contributed by atoms with Gasteiger partial charge in [0.2, 0.25) is 0 Å². The van der Waals surface area contributed by atoms with E-state index >= 15 is 0 Å². The van der Waals surface area contributed by atoms with Gasteiger partial charge in [0.1, 0.15) is 10.7 Å². The Morgan fingerprint density at radius 1 is 1.50 bits per heavy atom. The first-order valence-corrected chi connectivity index (χ1v) is 4.34. The standard InChI is InChI=1S/C7H7ClIN/c1-4-2-5(9)3-6(8)7(4)10/h2-3H,10H2,1H3/p+1. The average Bonchev–Trinajstić information content (AvgIpc) is 1.82. The van der Waals surface area contributed by atoms with Crippen molar-refractivity contribution in [1.29, 1.82) is 0 Å². The van der Waals surface area contributed by atoms with Crippen molar-refractivity contribution in [3.63, 3.8) is 0 Å². The minimum Gasteiger partial charge on any atom is -0.324 e. The number of rotatable bonds is 0. The summed E-state index contributed by atoms with van der Waals surface area (Å²) in [5, 5.41) is 0.754. The molecule has 0 aliphatic heterocycles. The van der Waals surface area contributed by atoms with E-state index in [4.69, 9.17) is 11.6 Å². The molecule has 1 aromatic rings. The van der Waals surface area contributed by atoms with Gasteiger partial charge in [0.15, 0.2) is 0 Å². The summed E-state index contributed by atoms with van der Waals surface area (Å²) in [6.45, 7) is 2.01. The van der Waals surface area contributed by atoms with E-state index in [1.807, 2.05) is 13.0 Å². The quantitative estimate of drug-likeness (QED) is 0.698. The van der Waals surface area contributed by atoms with Gasteiger partial charge < -0.3 is 5.73 Å². The summed E-state index contributed by atoms with van der Waals surface area (Å²) in [4.78, 5) is 0. The largest absolute Gasteiger partial charge is 0.324 e. The monoisotopic (exact) mass is 268 g/mol. The maximum atomic E-state index is 5.85. The molecule has 0 atom stereocenters. The van der Waals surface area contributed by atoms with Gasteiger partial charge in [-0.05, 0) is 41.6 Å². The molecule has 0 unspecified atom stereocenters. The molecule has 0 saturated carbocycles. The van der Waals surface area contributed by atoms with Gasteiger partial charge in [-0.25, -0.2) is 0 Å². The van der Waals surface area contributed by atoms with Crippen molar-refractivity contribution < 1.29 is 5.73 Å². The molecule has 1 rings (SSSR count). The van der Waals surface area contributed by atoms with Crippen molar-refractivity contribution in [2.24, 2.45) is 0 Å². The third kappa shape index (κ3) is 1.62. The van der Waals surface area contributed by atoms with E-state index in [9.17, 15) is 0 Å². The maximum Gasteiger partial charge on any atom is 0.149 e. The van der Waals surface area contributed by atoms with E-state index in [-0.39, 0.29) is 0 Å². The zero-order valence-electron chi connectivity index (χ0n) is 5.62. The molecule has 10 heavy (non-hydrogen) atoms. The number of halogens is 2. The van der Waals surface area contributed by atoms with Gasteiger partial charge in [-0.3, -0.25) is 0 Å². The van der Waals surface area contributed by atoms with Crippen LogP contribution in [-0.4, -0.2) is 0 Å². The van der Waals surface area contributed by atoms with Crippen LogP contribution in [0.3, 0.4) is 0 Å². The Kier molecular flexibility index (Phi) is 2.55. The first kappa shape index (κ1) is 8.30. The number of benzene rings is 1. The van der Waals surface area contributed by atoms with Gasteiger partial charge in [0, 0.05) is 9.13 Å². The van der Waals surface area contributed by atoms with Gasteiger partial charge in [-0.1, -0.05) is 11.6 Å². The second kappa shape index (κ2) is 3.07. The molecule has 54 valence electrons. The first-order valence-electron chi connectivity index (χ1n) is 2.89. The highest BCUT2D eigenvalue weighted by Gasteiger charge is 2.03. The normalized spacial score (nSPS) is 10.0. The van der Waals surface area contributed by atoms with Crippen LogP contribution in [-0.2, 0) is 0 Å². The zero-order chi connectivity index (χ0) is 7.72. The summed E-state index contributed by atoms with van der Waals surface area (Å²) in [6, 6.07) is 3.98. The summed E-state index contributed by atoms with van der Waals surface area (Å²) in [6.07, 6.45) is 0. The van der Waals surface area contributed by atoms with Crippen molar-refractivity contribution >= 4 is 39.9 Å². The summed E-state index contributed by atoms with van der Waals surface area (Å²) in [5.74, 6) is 0. The van der Waals surface area contributed by atoms with Crippen molar-refractivity contribution in [3.8, 4) is 0 Å². The molecular weight excluding hydrogens is 260 g/mol. The van der Waals surface area contributed by atoms with Crippen LogP contribution < -0.4 is 5.73 Å². The van der Waals surface area contributed by atoms with Crippen LogP contribution in [0.1, 0.15) is 5.56 Å². The Morgan fingerprint density at radius 3 is 2.60 bits per heavy atom. The predicted octanol–water partition coefficient (Wildman–Crippen LogP) is 2.13. The molecule has 3 heteroatoms. The lowest BCUT2D eigenvalue weighted by Gasteiger charge is -1.98. The van der Waals surface area contributed by atoms with Crippen molar-refractivity contribution in [2.45, 2.75) is 6.92 Å². The third-order valence-electron chi connectivity index (χ3n) is 1.38. The summed E-state index contributed by atoms with van der Waals surface area (Å²) in [5.41, 5.74) is 5.91. The first-order chi connectivity index (χ1) is 4.61. The lowest BCUT2D eigenvalue weighted by molar-refractivity contribution is -0.255. The van der Waals surface area contributed by atoms with Crippen LogP contribution in [0.2, 0.25) is 5.02 Å². The molecule has 0 radical (unpaired) electrons. The predicted molar refractivity (Wildman–Crippen MR) is 51.5 cm³/mol. The van der Waals surface area contributed by atoms with Crippen LogP contribution in [0.4, 0.5) is 5.69 Å². The van der Waals surface area contributed by atoms with Gasteiger partial charge >= 0.3 is 0 Å². The van der Waals surface area contributed by atoms with Gasteiger partial charge in [-0.2, -0.15) is 0 Å². The Morgan fingerprint density at radius 2 is 2.10 bits per heavy atom. The second-order valence-corrected chi connectivity index (χ2v) is 3.84. The number of hydrogen-bond acceptors (Lipinski definition) is 0. The summed E-state index contributed by atoms with van der Waals surface area (Å²) < 4.78 is 1.16. The SMILES string of the molecule is Cc1cc(I)cc(Cl)c1[NH3+]. The third-order valence-corrected chi connectivity index (χ3v) is 2.34. The van der Waals surface area contributed by atoms with Crippen LogP contribution in [0, 0.1) is 10.5 Å². The highest BCUT2D eigenvalue weighted by molar-refractivity contribution is 14.1. The molecular formula is C7H8ClIN+. The molecule has 0 fully saturated rings. The van der Waals surface area contributed by atoms with Gasteiger partial charge in [0.25, 0.3) is 0 Å². The fourth-order valence-electron chi connectivity index (χ4n) is 0.732. The van der Waals surface area contributed by atoms with Crippen LogP contribution in [0.15, 0.2) is 12.1 Å². The van der Waals surface area contributed by atoms with E-state index in [0.29, 0.717) is 0 Å². The fourth-order valence-corrected chi connectivity index (χ4v) is 1.96. The van der Waals surface area contributed by atoms with Gasteiger partial charge in [0.05, 0.1) is 0 Å². The maximum absolute atomic E-state index is 5.85. The lowest BCUT2D eigenvalue weighted by atomic mass is 10.2. The minimum absolute atomic E-state index is 0.754. The molecule has 0 saturated heterocycles. The Bertz CT molecular complexity index is 237.